The topological polar surface area (TPSA) is 74.4 Å². The summed E-state index contributed by atoms with van der Waals surface area (Å²) in [5.41, 5.74) is 3.56. The second-order valence-electron chi connectivity index (χ2n) is 7.23. The predicted molar refractivity (Wildman–Crippen MR) is 96.5 cm³/mol. The molecule has 4 rings (SSSR count). The van der Waals surface area contributed by atoms with E-state index in [4.69, 9.17) is 4.74 Å². The molecule has 4 heterocycles. The number of aromatic amines is 1. The van der Waals surface area contributed by atoms with Gasteiger partial charge in [0.2, 0.25) is 0 Å². The largest absolute Gasteiger partial charge is 0.381 e. The van der Waals surface area contributed by atoms with Gasteiger partial charge >= 0.3 is 0 Å². The number of hydrogen-bond donors (Lipinski definition) is 1. The molecule has 0 bridgehead atoms. The molecule has 0 radical (unpaired) electrons. The summed E-state index contributed by atoms with van der Waals surface area (Å²) in [7, 11) is 1.80. The Morgan fingerprint density at radius 2 is 2.38 bits per heavy atom. The number of nitrogens with one attached hydrogen (secondary N) is 1. The van der Waals surface area contributed by atoms with E-state index in [0.717, 1.165) is 62.6 Å². The van der Waals surface area contributed by atoms with Gasteiger partial charge in [-0.2, -0.15) is 5.10 Å². The van der Waals surface area contributed by atoms with Crippen LogP contribution in [0, 0.1) is 5.92 Å². The second kappa shape index (κ2) is 7.55. The molecule has 0 aromatic carbocycles. The summed E-state index contributed by atoms with van der Waals surface area (Å²) in [6.07, 6.45) is 3.79. The zero-order valence-corrected chi connectivity index (χ0v) is 15.1. The third-order valence-corrected chi connectivity index (χ3v) is 5.23. The van der Waals surface area contributed by atoms with E-state index in [1.54, 1.807) is 18.1 Å². The molecule has 138 valence electrons. The summed E-state index contributed by atoms with van der Waals surface area (Å²) in [6, 6.07) is 5.73. The number of fused-ring (bicyclic) bond motifs is 1. The molecular formula is C19H25N5O2. The number of carbonyl (C=O) groups excluding carboxylic acids is 1. The first-order valence-corrected chi connectivity index (χ1v) is 9.22. The van der Waals surface area contributed by atoms with Crippen molar-refractivity contribution in [2.24, 2.45) is 5.92 Å². The van der Waals surface area contributed by atoms with Gasteiger partial charge in [-0.3, -0.25) is 19.8 Å². The van der Waals surface area contributed by atoms with Gasteiger partial charge < -0.3 is 9.64 Å². The quantitative estimate of drug-likeness (QED) is 0.879. The highest BCUT2D eigenvalue weighted by atomic mass is 16.5. The SMILES string of the molecule is CN(Cc1ccccn1)C(=O)c1n[nH]c2c1CN(CC1CCOC1)CC2. The molecule has 7 nitrogen and oxygen atoms in total. The average molecular weight is 355 g/mol. The molecule has 1 N–H and O–H groups in total. The van der Waals surface area contributed by atoms with Crippen LogP contribution in [0.3, 0.4) is 0 Å². The normalized spacial score (nSPS) is 20.1. The van der Waals surface area contributed by atoms with Crippen LogP contribution in [0.4, 0.5) is 0 Å². The Kier molecular flexibility index (Phi) is 4.99. The van der Waals surface area contributed by atoms with Gasteiger partial charge in [0.05, 0.1) is 18.8 Å². The van der Waals surface area contributed by atoms with Crippen LogP contribution >= 0.6 is 0 Å². The fourth-order valence-electron chi connectivity index (χ4n) is 3.76. The Morgan fingerprint density at radius 1 is 1.46 bits per heavy atom. The fourth-order valence-corrected chi connectivity index (χ4v) is 3.76. The maximum absolute atomic E-state index is 12.9. The molecule has 1 unspecified atom stereocenters. The third kappa shape index (κ3) is 3.64. The van der Waals surface area contributed by atoms with Gasteiger partial charge in [0.25, 0.3) is 5.91 Å². The van der Waals surface area contributed by atoms with Crippen molar-refractivity contribution in [3.8, 4) is 0 Å². The molecule has 2 aromatic heterocycles. The van der Waals surface area contributed by atoms with Crippen molar-refractivity contribution >= 4 is 5.91 Å². The van der Waals surface area contributed by atoms with Crippen LogP contribution in [-0.4, -0.2) is 64.2 Å². The first-order chi connectivity index (χ1) is 12.7. The van der Waals surface area contributed by atoms with Gasteiger partial charge in [0.1, 0.15) is 0 Å². The number of ether oxygens (including phenoxy) is 1. The molecule has 26 heavy (non-hydrogen) atoms. The van der Waals surface area contributed by atoms with Gasteiger partial charge in [-0.25, -0.2) is 0 Å². The summed E-state index contributed by atoms with van der Waals surface area (Å²) in [4.78, 5) is 21.3. The van der Waals surface area contributed by atoms with E-state index in [0.29, 0.717) is 18.2 Å². The Labute approximate surface area is 153 Å². The van der Waals surface area contributed by atoms with E-state index >= 15 is 0 Å². The van der Waals surface area contributed by atoms with Crippen LogP contribution in [0.5, 0.6) is 0 Å². The van der Waals surface area contributed by atoms with E-state index in [9.17, 15) is 4.79 Å². The molecule has 2 aliphatic heterocycles. The Hall–Kier alpha value is -2.25. The van der Waals surface area contributed by atoms with Gasteiger partial charge in [0, 0.05) is 57.2 Å². The summed E-state index contributed by atoms with van der Waals surface area (Å²) in [5.74, 6) is 0.550. The van der Waals surface area contributed by atoms with Crippen LogP contribution in [-0.2, 0) is 24.2 Å². The molecule has 1 atom stereocenters. The molecular weight excluding hydrogens is 330 g/mol. The van der Waals surface area contributed by atoms with Crippen molar-refractivity contribution in [2.45, 2.75) is 25.9 Å². The van der Waals surface area contributed by atoms with Gasteiger partial charge in [-0.1, -0.05) is 6.07 Å². The van der Waals surface area contributed by atoms with E-state index in [1.165, 1.54) is 0 Å². The molecule has 2 aliphatic rings. The Balaban J connectivity index is 1.44. The van der Waals surface area contributed by atoms with Crippen molar-refractivity contribution < 1.29 is 9.53 Å². The van der Waals surface area contributed by atoms with Crippen LogP contribution < -0.4 is 0 Å². The van der Waals surface area contributed by atoms with Gasteiger partial charge in [-0.05, 0) is 24.5 Å². The number of nitrogens with zero attached hydrogens (tertiary/aromatic N) is 4. The van der Waals surface area contributed by atoms with Crippen LogP contribution in [0.25, 0.3) is 0 Å². The second-order valence-corrected chi connectivity index (χ2v) is 7.23. The lowest BCUT2D eigenvalue weighted by Crippen LogP contribution is -2.36. The van der Waals surface area contributed by atoms with Crippen LogP contribution in [0.1, 0.15) is 33.9 Å². The summed E-state index contributed by atoms with van der Waals surface area (Å²) in [5, 5.41) is 7.41. The lowest BCUT2D eigenvalue weighted by atomic mass is 10.0. The predicted octanol–water partition coefficient (Wildman–Crippen LogP) is 1.47. The maximum atomic E-state index is 12.9. The number of amides is 1. The zero-order chi connectivity index (χ0) is 17.9. The fraction of sp³-hybridized carbons (Fsp3) is 0.526. The molecule has 7 heteroatoms. The lowest BCUT2D eigenvalue weighted by molar-refractivity contribution is 0.0774. The van der Waals surface area contributed by atoms with E-state index in [2.05, 4.69) is 20.1 Å². The number of H-pyrrole nitrogens is 1. The number of hydrogen-bond acceptors (Lipinski definition) is 5. The van der Waals surface area contributed by atoms with Crippen molar-refractivity contribution in [3.63, 3.8) is 0 Å². The van der Waals surface area contributed by atoms with Crippen molar-refractivity contribution in [2.75, 3.05) is 33.4 Å². The standard InChI is InChI=1S/C19H25N5O2/c1-23(11-15-4-2-3-7-20-15)19(25)18-16-12-24(8-5-17(16)21-22-18)10-14-6-9-26-13-14/h2-4,7,14H,5-6,8-13H2,1H3,(H,21,22). The highest BCUT2D eigenvalue weighted by molar-refractivity contribution is 5.93. The van der Waals surface area contributed by atoms with Crippen molar-refractivity contribution in [3.05, 3.63) is 47.0 Å². The van der Waals surface area contributed by atoms with E-state index in [1.807, 2.05) is 18.2 Å². The van der Waals surface area contributed by atoms with Crippen LogP contribution in [0.15, 0.2) is 24.4 Å². The molecule has 1 saturated heterocycles. The molecule has 0 saturated carbocycles. The molecule has 1 amide bonds. The molecule has 2 aromatic rings. The van der Waals surface area contributed by atoms with Crippen molar-refractivity contribution in [1.82, 2.24) is 25.0 Å². The minimum atomic E-state index is -0.0563. The van der Waals surface area contributed by atoms with Crippen molar-refractivity contribution in [1.29, 1.82) is 0 Å². The maximum Gasteiger partial charge on any atom is 0.274 e. The first-order valence-electron chi connectivity index (χ1n) is 9.22. The summed E-state index contributed by atoms with van der Waals surface area (Å²) in [6.45, 7) is 5.02. The highest BCUT2D eigenvalue weighted by Crippen LogP contribution is 2.24. The zero-order valence-electron chi connectivity index (χ0n) is 15.1. The summed E-state index contributed by atoms with van der Waals surface area (Å²) < 4.78 is 5.49. The summed E-state index contributed by atoms with van der Waals surface area (Å²) >= 11 is 0. The highest BCUT2D eigenvalue weighted by Gasteiger charge is 2.29. The minimum absolute atomic E-state index is 0.0563. The Morgan fingerprint density at radius 3 is 3.15 bits per heavy atom. The monoisotopic (exact) mass is 355 g/mol. The number of carbonyl (C=O) groups is 1. The molecule has 1 fully saturated rings. The number of rotatable bonds is 5. The van der Waals surface area contributed by atoms with Crippen LogP contribution in [0.2, 0.25) is 0 Å². The number of aromatic nitrogens is 3. The molecule has 0 spiro atoms. The molecule has 0 aliphatic carbocycles. The van der Waals surface area contributed by atoms with Gasteiger partial charge in [-0.15, -0.1) is 0 Å². The number of pyridine rings is 1. The smallest absolute Gasteiger partial charge is 0.274 e. The van der Waals surface area contributed by atoms with Gasteiger partial charge in [0.15, 0.2) is 5.69 Å². The van der Waals surface area contributed by atoms with E-state index in [-0.39, 0.29) is 5.91 Å². The average Bonchev–Trinajstić information content (AvgIpc) is 3.31. The van der Waals surface area contributed by atoms with E-state index < -0.39 is 0 Å². The first kappa shape index (κ1) is 17.2. The minimum Gasteiger partial charge on any atom is -0.381 e. The Bertz CT molecular complexity index is 755. The third-order valence-electron chi connectivity index (χ3n) is 5.23. The lowest BCUT2D eigenvalue weighted by Gasteiger charge is -2.29.